The van der Waals surface area contributed by atoms with Gasteiger partial charge in [0.2, 0.25) is 6.79 Å². The van der Waals surface area contributed by atoms with E-state index in [1.807, 2.05) is 12.1 Å². The van der Waals surface area contributed by atoms with Gasteiger partial charge < -0.3 is 24.1 Å². The van der Waals surface area contributed by atoms with Gasteiger partial charge in [-0.15, -0.1) is 0 Å². The molecule has 1 aromatic carbocycles. The van der Waals surface area contributed by atoms with E-state index in [2.05, 4.69) is 4.90 Å². The molecule has 5 atom stereocenters. The monoisotopic (exact) mass is 456 g/mol. The van der Waals surface area contributed by atoms with Crippen LogP contribution in [0.2, 0.25) is 0 Å². The molecule has 33 heavy (non-hydrogen) atoms. The number of hydrogen-bond acceptors (Lipinski definition) is 8. The summed E-state index contributed by atoms with van der Waals surface area (Å²) in [6.07, 6.45) is 3.70. The summed E-state index contributed by atoms with van der Waals surface area (Å²) in [6, 6.07) is 4.02. The van der Waals surface area contributed by atoms with Crippen LogP contribution in [0.4, 0.5) is 10.5 Å². The topological polar surface area (TPSA) is 97.8 Å². The van der Waals surface area contributed by atoms with Crippen molar-refractivity contribution in [2.24, 2.45) is 5.41 Å². The number of rotatable bonds is 1. The zero-order valence-electron chi connectivity index (χ0n) is 18.9. The molecule has 3 aliphatic carbocycles. The number of methoxy groups -OCH3 is 2. The molecule has 5 fully saturated rings. The number of piperidine rings is 1. The number of esters is 1. The lowest BCUT2D eigenvalue weighted by Gasteiger charge is -2.71. The predicted octanol–water partition coefficient (Wildman–Crippen LogP) is 1.93. The van der Waals surface area contributed by atoms with Crippen molar-refractivity contribution in [3.63, 3.8) is 0 Å². The normalized spacial score (nSPS) is 41.4. The Labute approximate surface area is 191 Å². The van der Waals surface area contributed by atoms with E-state index in [1.165, 1.54) is 14.2 Å². The first-order chi connectivity index (χ1) is 15.9. The molecule has 1 unspecified atom stereocenters. The third-order valence-corrected chi connectivity index (χ3v) is 9.82. The van der Waals surface area contributed by atoms with Gasteiger partial charge in [-0.2, -0.15) is 0 Å². The van der Waals surface area contributed by atoms with Gasteiger partial charge in [-0.05, 0) is 68.7 Å². The van der Waals surface area contributed by atoms with Gasteiger partial charge in [0.15, 0.2) is 17.1 Å². The van der Waals surface area contributed by atoms with Crippen LogP contribution in [0.3, 0.4) is 0 Å². The first-order valence-corrected chi connectivity index (χ1v) is 11.8. The third-order valence-electron chi connectivity index (χ3n) is 9.82. The number of carbonyl (C=O) groups excluding carboxylic acids is 2. The molecule has 1 aromatic rings. The summed E-state index contributed by atoms with van der Waals surface area (Å²) < 4.78 is 22.1. The fraction of sp³-hybridized carbons (Fsp3) is 0.667. The molecule has 1 amide bonds. The van der Waals surface area contributed by atoms with Gasteiger partial charge in [0.1, 0.15) is 5.54 Å². The van der Waals surface area contributed by atoms with Gasteiger partial charge in [0, 0.05) is 11.5 Å². The lowest BCUT2D eigenvalue weighted by molar-refractivity contribution is -0.227. The molecule has 0 aromatic heterocycles. The maximum absolute atomic E-state index is 13.6. The number of anilines is 1. The SMILES string of the molecule is COC(=O)N1c2c(ccc3c2OCO3)[C@@]23CCN4CCC[C@]5(CC[C@]12C(O)(C(=O)OC)C5)[C@H]43. The Kier molecular flexibility index (Phi) is 3.58. The second-order valence-corrected chi connectivity index (χ2v) is 10.5. The van der Waals surface area contributed by atoms with E-state index >= 15 is 0 Å². The molecule has 2 bridgehead atoms. The van der Waals surface area contributed by atoms with Crippen molar-refractivity contribution in [3.8, 4) is 11.5 Å². The summed E-state index contributed by atoms with van der Waals surface area (Å²) in [5.41, 5.74) is -2.45. The molecule has 9 heteroatoms. The highest BCUT2D eigenvalue weighted by Gasteiger charge is 2.87. The highest BCUT2D eigenvalue weighted by Crippen LogP contribution is 2.78. The van der Waals surface area contributed by atoms with Gasteiger partial charge in [0.25, 0.3) is 0 Å². The van der Waals surface area contributed by atoms with Gasteiger partial charge in [-0.25, -0.2) is 9.59 Å². The summed E-state index contributed by atoms with van der Waals surface area (Å²) in [7, 11) is 2.64. The minimum Gasteiger partial charge on any atom is -0.467 e. The molecule has 3 spiro atoms. The first-order valence-electron chi connectivity index (χ1n) is 11.8. The van der Waals surface area contributed by atoms with Crippen molar-refractivity contribution in [1.29, 1.82) is 0 Å². The van der Waals surface area contributed by atoms with E-state index < -0.39 is 28.6 Å². The van der Waals surface area contributed by atoms with Crippen molar-refractivity contribution in [1.82, 2.24) is 4.90 Å². The number of nitrogens with zero attached hydrogens (tertiary/aromatic N) is 2. The predicted molar refractivity (Wildman–Crippen MR) is 114 cm³/mol. The Morgan fingerprint density at radius 1 is 1.09 bits per heavy atom. The Morgan fingerprint density at radius 3 is 2.73 bits per heavy atom. The van der Waals surface area contributed by atoms with Crippen molar-refractivity contribution >= 4 is 17.7 Å². The molecule has 4 heterocycles. The average Bonchev–Trinajstić information content (AvgIpc) is 3.52. The Morgan fingerprint density at radius 2 is 1.94 bits per heavy atom. The molecule has 8 rings (SSSR count). The standard InChI is InChI=1S/C24H28N2O7/c1-30-19(27)23(29)12-21-6-3-10-25-11-9-22(18(21)25)14-4-5-15-17(33-13-32-15)16(14)26(20(28)31-2)24(22,23)8-7-21/h4-5,18,29H,3,6-13H2,1-2H3/t18-,21+,22+,23?,24-/m0/s1. The van der Waals surface area contributed by atoms with Crippen LogP contribution < -0.4 is 14.4 Å². The quantitative estimate of drug-likeness (QED) is 0.641. The largest absolute Gasteiger partial charge is 0.467 e. The fourth-order valence-corrected chi connectivity index (χ4v) is 9.15. The second kappa shape index (κ2) is 5.93. The average molecular weight is 456 g/mol. The number of amides is 1. The number of ether oxygens (including phenoxy) is 4. The van der Waals surface area contributed by atoms with Crippen LogP contribution in [0.1, 0.15) is 44.1 Å². The molecule has 4 aliphatic heterocycles. The van der Waals surface area contributed by atoms with Gasteiger partial charge in [0.05, 0.1) is 19.9 Å². The number of carbonyl (C=O) groups is 2. The molecule has 7 aliphatic rings. The van der Waals surface area contributed by atoms with Crippen molar-refractivity contribution < 1.29 is 33.6 Å². The summed E-state index contributed by atoms with van der Waals surface area (Å²) in [5.74, 6) is 0.354. The van der Waals surface area contributed by atoms with Crippen LogP contribution in [0, 0.1) is 5.41 Å². The van der Waals surface area contributed by atoms with Crippen molar-refractivity contribution in [2.75, 3.05) is 39.0 Å². The van der Waals surface area contributed by atoms with Crippen LogP contribution in [0.25, 0.3) is 0 Å². The van der Waals surface area contributed by atoms with Crippen molar-refractivity contribution in [2.45, 2.75) is 61.1 Å². The summed E-state index contributed by atoms with van der Waals surface area (Å²) in [6.45, 7) is 1.90. The van der Waals surface area contributed by atoms with Gasteiger partial charge in [-0.3, -0.25) is 9.80 Å². The van der Waals surface area contributed by atoms with Crippen LogP contribution >= 0.6 is 0 Å². The molecular formula is C24H28N2O7. The fourth-order valence-electron chi connectivity index (χ4n) is 9.15. The third kappa shape index (κ3) is 1.82. The molecule has 1 N–H and O–H groups in total. The maximum Gasteiger partial charge on any atom is 0.414 e. The Bertz CT molecular complexity index is 1110. The van der Waals surface area contributed by atoms with Crippen LogP contribution in [0.5, 0.6) is 11.5 Å². The number of aliphatic hydroxyl groups is 1. The lowest BCUT2D eigenvalue weighted by Crippen LogP contribution is -2.86. The smallest absolute Gasteiger partial charge is 0.414 e. The van der Waals surface area contributed by atoms with E-state index in [0.29, 0.717) is 23.6 Å². The van der Waals surface area contributed by atoms with Crippen LogP contribution in [0.15, 0.2) is 12.1 Å². The summed E-state index contributed by atoms with van der Waals surface area (Å²) in [4.78, 5) is 31.1. The van der Waals surface area contributed by atoms with Crippen LogP contribution in [-0.2, 0) is 19.7 Å². The Balaban J connectivity index is 1.62. The molecular weight excluding hydrogens is 428 g/mol. The molecule has 0 radical (unpaired) electrons. The second-order valence-electron chi connectivity index (χ2n) is 10.5. The summed E-state index contributed by atoms with van der Waals surface area (Å²) in [5, 5.41) is 12.5. The van der Waals surface area contributed by atoms with Crippen LogP contribution in [-0.4, -0.2) is 73.4 Å². The van der Waals surface area contributed by atoms with E-state index in [-0.39, 0.29) is 24.7 Å². The number of hydrogen-bond donors (Lipinski definition) is 1. The van der Waals surface area contributed by atoms with E-state index in [0.717, 1.165) is 44.3 Å². The Hall–Kier alpha value is -2.52. The molecule has 2 saturated heterocycles. The van der Waals surface area contributed by atoms with E-state index in [4.69, 9.17) is 18.9 Å². The lowest BCUT2D eigenvalue weighted by atomic mass is 9.37. The highest BCUT2D eigenvalue weighted by molar-refractivity contribution is 6.01. The minimum atomic E-state index is -1.87. The minimum absolute atomic E-state index is 0.0571. The highest BCUT2D eigenvalue weighted by atomic mass is 16.7. The zero-order chi connectivity index (χ0) is 22.8. The van der Waals surface area contributed by atoms with Gasteiger partial charge >= 0.3 is 12.1 Å². The molecule has 176 valence electrons. The number of benzene rings is 1. The maximum atomic E-state index is 13.6. The molecule has 3 saturated carbocycles. The van der Waals surface area contributed by atoms with E-state index in [1.54, 1.807) is 4.90 Å². The van der Waals surface area contributed by atoms with Gasteiger partial charge in [-0.1, -0.05) is 6.07 Å². The zero-order valence-corrected chi connectivity index (χ0v) is 18.9. The van der Waals surface area contributed by atoms with Crippen molar-refractivity contribution in [3.05, 3.63) is 17.7 Å². The number of fused-ring (bicyclic) bond motifs is 5. The summed E-state index contributed by atoms with van der Waals surface area (Å²) >= 11 is 0. The van der Waals surface area contributed by atoms with E-state index in [9.17, 15) is 14.7 Å². The first kappa shape index (κ1) is 19.9. The molecule has 9 nitrogen and oxygen atoms in total.